The van der Waals surface area contributed by atoms with Gasteiger partial charge < -0.3 is 5.32 Å². The van der Waals surface area contributed by atoms with Crippen molar-refractivity contribution < 1.29 is 4.79 Å². The van der Waals surface area contributed by atoms with Gasteiger partial charge in [-0.25, -0.2) is 0 Å². The van der Waals surface area contributed by atoms with Crippen LogP contribution in [-0.4, -0.2) is 11.3 Å². The number of halogens is 1. The van der Waals surface area contributed by atoms with Gasteiger partial charge in [-0.3, -0.25) is 4.79 Å². The molecule has 1 heterocycles. The summed E-state index contributed by atoms with van der Waals surface area (Å²) in [4.78, 5) is 10.9. The van der Waals surface area contributed by atoms with Crippen LogP contribution in [0.2, 0.25) is 0 Å². The van der Waals surface area contributed by atoms with E-state index in [0.717, 1.165) is 34.4 Å². The van der Waals surface area contributed by atoms with Gasteiger partial charge in [-0.2, -0.15) is 0 Å². The van der Waals surface area contributed by atoms with Crippen molar-refractivity contribution in [2.75, 3.05) is 5.32 Å². The zero-order chi connectivity index (χ0) is 16.3. The van der Waals surface area contributed by atoms with Crippen molar-refractivity contribution in [3.05, 3.63) is 76.0 Å². The van der Waals surface area contributed by atoms with Crippen LogP contribution in [0.3, 0.4) is 0 Å². The lowest BCUT2D eigenvalue weighted by molar-refractivity contribution is 0.112. The van der Waals surface area contributed by atoms with Crippen LogP contribution in [0, 0.1) is 12.8 Å². The third-order valence-corrected chi connectivity index (χ3v) is 5.46. The Morgan fingerprint density at radius 1 is 1.35 bits per heavy atom. The molecule has 0 bridgehead atoms. The molecule has 2 nitrogen and oxygen atoms in total. The molecule has 0 amide bonds. The standard InChI is InChI=1S/C19H18ClNOS/c1-14-6-2-3-8-18(14)21-19(20)9-5-4-7-16(19)10-15-11-17(12-22)23-13-15/h2-9,11-13,16,21H,10H2,1H3. The van der Waals surface area contributed by atoms with E-state index in [1.807, 2.05) is 47.9 Å². The molecule has 2 unspecified atom stereocenters. The number of anilines is 1. The number of benzene rings is 1. The van der Waals surface area contributed by atoms with Gasteiger partial charge >= 0.3 is 0 Å². The first-order chi connectivity index (χ1) is 11.1. The fourth-order valence-corrected chi connectivity index (χ4v) is 3.80. The van der Waals surface area contributed by atoms with Crippen LogP contribution in [0.1, 0.15) is 20.8 Å². The SMILES string of the molecule is Cc1ccccc1NC1(Cl)C=CC=CC1Cc1csc(C=O)c1. The maximum atomic E-state index is 10.9. The van der Waals surface area contributed by atoms with Gasteiger partial charge in [0.1, 0.15) is 5.00 Å². The highest BCUT2D eigenvalue weighted by molar-refractivity contribution is 7.11. The van der Waals surface area contributed by atoms with E-state index in [0.29, 0.717) is 0 Å². The minimum Gasteiger partial charge on any atom is -0.363 e. The number of aldehydes is 1. The number of allylic oxidation sites excluding steroid dienone is 2. The average Bonchev–Trinajstić information content (AvgIpc) is 3.00. The Morgan fingerprint density at radius 2 is 2.17 bits per heavy atom. The van der Waals surface area contributed by atoms with Crippen LogP contribution in [0.15, 0.2) is 60.0 Å². The lowest BCUT2D eigenvalue weighted by atomic mass is 9.88. The molecule has 23 heavy (non-hydrogen) atoms. The van der Waals surface area contributed by atoms with Crippen LogP contribution in [0.4, 0.5) is 5.69 Å². The number of nitrogens with one attached hydrogen (secondary N) is 1. The minimum absolute atomic E-state index is 0.0999. The molecule has 0 radical (unpaired) electrons. The minimum atomic E-state index is -0.676. The molecule has 0 fully saturated rings. The molecule has 0 aliphatic heterocycles. The number of carbonyl (C=O) groups is 1. The van der Waals surface area contributed by atoms with Crippen LogP contribution in [-0.2, 0) is 6.42 Å². The van der Waals surface area contributed by atoms with E-state index in [4.69, 9.17) is 11.6 Å². The molecule has 1 aliphatic rings. The van der Waals surface area contributed by atoms with Gasteiger partial charge in [0.15, 0.2) is 6.29 Å². The molecule has 118 valence electrons. The van der Waals surface area contributed by atoms with Crippen molar-refractivity contribution in [2.45, 2.75) is 18.3 Å². The molecule has 1 aromatic heterocycles. The highest BCUT2D eigenvalue weighted by Crippen LogP contribution is 2.36. The van der Waals surface area contributed by atoms with Crippen LogP contribution >= 0.6 is 22.9 Å². The fraction of sp³-hybridized carbons (Fsp3) is 0.211. The van der Waals surface area contributed by atoms with Crippen molar-refractivity contribution in [1.29, 1.82) is 0 Å². The molecule has 3 rings (SSSR count). The maximum Gasteiger partial charge on any atom is 0.160 e. The normalized spacial score (nSPS) is 23.0. The van der Waals surface area contributed by atoms with E-state index in [1.54, 1.807) is 0 Å². The Kier molecular flexibility index (Phi) is 4.69. The molecule has 2 atom stereocenters. The first-order valence-corrected chi connectivity index (χ1v) is 8.78. The number of aryl methyl sites for hydroxylation is 1. The summed E-state index contributed by atoms with van der Waals surface area (Å²) in [5.74, 6) is 0.0999. The zero-order valence-electron chi connectivity index (χ0n) is 12.8. The van der Waals surface area contributed by atoms with Crippen molar-refractivity contribution in [3.8, 4) is 0 Å². The molecule has 0 spiro atoms. The number of hydrogen-bond acceptors (Lipinski definition) is 3. The van der Waals surface area contributed by atoms with Gasteiger partial charge in [-0.1, -0.05) is 48.0 Å². The third-order valence-electron chi connectivity index (χ3n) is 4.05. The molecule has 1 N–H and O–H groups in total. The van der Waals surface area contributed by atoms with Gasteiger partial charge in [0.05, 0.1) is 4.88 Å². The second kappa shape index (κ2) is 6.73. The monoisotopic (exact) mass is 343 g/mol. The van der Waals surface area contributed by atoms with Crippen molar-refractivity contribution in [1.82, 2.24) is 0 Å². The Balaban J connectivity index is 1.83. The van der Waals surface area contributed by atoms with Crippen molar-refractivity contribution in [2.24, 2.45) is 5.92 Å². The van der Waals surface area contributed by atoms with E-state index in [2.05, 4.69) is 24.4 Å². The Labute approximate surface area is 145 Å². The topological polar surface area (TPSA) is 29.1 Å². The highest BCUT2D eigenvalue weighted by Gasteiger charge is 2.34. The van der Waals surface area contributed by atoms with E-state index in [-0.39, 0.29) is 5.92 Å². The lowest BCUT2D eigenvalue weighted by Gasteiger charge is -2.35. The predicted molar refractivity (Wildman–Crippen MR) is 98.6 cm³/mol. The number of alkyl halides is 1. The molecule has 1 aliphatic carbocycles. The number of thiophene rings is 1. The van der Waals surface area contributed by atoms with Gasteiger partial charge in [0.25, 0.3) is 0 Å². The first kappa shape index (κ1) is 16.0. The molecule has 2 aromatic rings. The van der Waals surface area contributed by atoms with E-state index in [1.165, 1.54) is 11.3 Å². The summed E-state index contributed by atoms with van der Waals surface area (Å²) in [7, 11) is 0. The number of rotatable bonds is 5. The molecule has 1 aromatic carbocycles. The number of carbonyl (C=O) groups excluding carboxylic acids is 1. The van der Waals surface area contributed by atoms with Crippen molar-refractivity contribution in [3.63, 3.8) is 0 Å². The highest BCUT2D eigenvalue weighted by atomic mass is 35.5. The lowest BCUT2D eigenvalue weighted by Crippen LogP contribution is -2.39. The van der Waals surface area contributed by atoms with E-state index < -0.39 is 5.00 Å². The van der Waals surface area contributed by atoms with E-state index in [9.17, 15) is 4.79 Å². The zero-order valence-corrected chi connectivity index (χ0v) is 14.4. The van der Waals surface area contributed by atoms with Gasteiger partial charge in [0.2, 0.25) is 0 Å². The summed E-state index contributed by atoms with van der Waals surface area (Å²) >= 11 is 8.39. The van der Waals surface area contributed by atoms with Crippen LogP contribution < -0.4 is 5.32 Å². The van der Waals surface area contributed by atoms with Crippen LogP contribution in [0.25, 0.3) is 0 Å². The second-order valence-corrected chi connectivity index (χ2v) is 7.31. The fourth-order valence-electron chi connectivity index (χ4n) is 2.75. The first-order valence-electron chi connectivity index (χ1n) is 7.52. The summed E-state index contributed by atoms with van der Waals surface area (Å²) in [5, 5.41) is 5.51. The molecule has 0 saturated carbocycles. The maximum absolute atomic E-state index is 10.9. The predicted octanol–water partition coefficient (Wildman–Crippen LogP) is 5.20. The van der Waals surface area contributed by atoms with Crippen LogP contribution in [0.5, 0.6) is 0 Å². The molecule has 4 heteroatoms. The van der Waals surface area contributed by atoms with Crippen molar-refractivity contribution >= 4 is 34.9 Å². The van der Waals surface area contributed by atoms with Gasteiger partial charge in [-0.15, -0.1) is 11.3 Å². The Hall–Kier alpha value is -1.84. The summed E-state index contributed by atoms with van der Waals surface area (Å²) < 4.78 is 0. The largest absolute Gasteiger partial charge is 0.363 e. The summed E-state index contributed by atoms with van der Waals surface area (Å²) in [6.07, 6.45) is 9.80. The summed E-state index contributed by atoms with van der Waals surface area (Å²) in [6, 6.07) is 10.1. The smallest absolute Gasteiger partial charge is 0.160 e. The summed E-state index contributed by atoms with van der Waals surface area (Å²) in [5.41, 5.74) is 3.33. The second-order valence-electron chi connectivity index (χ2n) is 5.74. The quantitative estimate of drug-likeness (QED) is 0.459. The molecular formula is C19H18ClNOS. The summed E-state index contributed by atoms with van der Waals surface area (Å²) in [6.45, 7) is 2.06. The molecular weight excluding hydrogens is 326 g/mol. The average molecular weight is 344 g/mol. The molecule has 0 saturated heterocycles. The third kappa shape index (κ3) is 3.57. The Bertz CT molecular complexity index is 764. The van der Waals surface area contributed by atoms with Gasteiger partial charge in [-0.05, 0) is 48.1 Å². The Morgan fingerprint density at radius 3 is 2.91 bits per heavy atom. The number of hydrogen-bond donors (Lipinski definition) is 1. The van der Waals surface area contributed by atoms with Gasteiger partial charge in [0, 0.05) is 11.6 Å². The van der Waals surface area contributed by atoms with E-state index >= 15 is 0 Å². The number of para-hydroxylation sites is 1.